The highest BCUT2D eigenvalue weighted by Crippen LogP contribution is 2.22. The summed E-state index contributed by atoms with van der Waals surface area (Å²) in [6.07, 6.45) is 0.0965. The molecule has 2 aromatic carbocycles. The molecule has 0 saturated carbocycles. The molecule has 0 saturated heterocycles. The number of hydrazone groups is 1. The first-order valence-corrected chi connectivity index (χ1v) is 9.44. The van der Waals surface area contributed by atoms with E-state index in [9.17, 15) is 9.59 Å². The largest absolute Gasteiger partial charge is 0.326 e. The number of amides is 2. The van der Waals surface area contributed by atoms with Crippen molar-refractivity contribution < 1.29 is 9.59 Å². The molecule has 0 bridgehead atoms. The van der Waals surface area contributed by atoms with Crippen molar-refractivity contribution in [3.63, 3.8) is 0 Å². The van der Waals surface area contributed by atoms with Crippen LogP contribution in [0.1, 0.15) is 50.0 Å². The fourth-order valence-corrected chi connectivity index (χ4v) is 2.61. The summed E-state index contributed by atoms with van der Waals surface area (Å²) in [4.78, 5) is 24.2. The van der Waals surface area contributed by atoms with Crippen molar-refractivity contribution in [2.24, 2.45) is 5.10 Å². The minimum Gasteiger partial charge on any atom is -0.326 e. The fourth-order valence-electron chi connectivity index (χ4n) is 2.34. The Bertz CT molecular complexity index is 835. The number of halogens is 1. The van der Waals surface area contributed by atoms with Crippen molar-refractivity contribution in [3.05, 3.63) is 64.1 Å². The van der Waals surface area contributed by atoms with Gasteiger partial charge in [-0.1, -0.05) is 48.8 Å². The summed E-state index contributed by atoms with van der Waals surface area (Å²) in [5.74, 6) is -0.495. The van der Waals surface area contributed by atoms with Gasteiger partial charge in [-0.2, -0.15) is 5.10 Å². The summed E-state index contributed by atoms with van der Waals surface area (Å²) in [6.45, 7) is 8.06. The summed E-state index contributed by atoms with van der Waals surface area (Å²) in [6, 6.07) is 14.7. The fraction of sp³-hybridized carbons (Fsp3) is 0.286. The summed E-state index contributed by atoms with van der Waals surface area (Å²) in [5, 5.41) is 6.80. The van der Waals surface area contributed by atoms with Crippen LogP contribution in [0.2, 0.25) is 0 Å². The molecule has 0 aliphatic carbocycles. The molecule has 0 fully saturated rings. The number of nitrogens with zero attached hydrogens (tertiary/aromatic N) is 1. The van der Waals surface area contributed by atoms with Crippen LogP contribution in [-0.2, 0) is 10.2 Å². The van der Waals surface area contributed by atoms with Gasteiger partial charge in [0.2, 0.25) is 5.91 Å². The Morgan fingerprint density at radius 3 is 2.15 bits per heavy atom. The highest BCUT2D eigenvalue weighted by atomic mass is 79.9. The average molecular weight is 430 g/mol. The van der Waals surface area contributed by atoms with E-state index in [0.717, 1.165) is 10.0 Å². The van der Waals surface area contributed by atoms with Crippen molar-refractivity contribution in [2.75, 3.05) is 5.32 Å². The van der Waals surface area contributed by atoms with Crippen LogP contribution in [0.15, 0.2) is 58.1 Å². The maximum atomic E-state index is 12.2. The van der Waals surface area contributed by atoms with Crippen molar-refractivity contribution >= 4 is 39.1 Å². The van der Waals surface area contributed by atoms with E-state index in [1.54, 1.807) is 31.2 Å². The Morgan fingerprint density at radius 2 is 1.59 bits per heavy atom. The number of rotatable bonds is 5. The maximum Gasteiger partial charge on any atom is 0.271 e. The minimum atomic E-state index is -0.303. The van der Waals surface area contributed by atoms with Crippen LogP contribution in [0.4, 0.5) is 5.69 Å². The first-order valence-electron chi connectivity index (χ1n) is 8.64. The first-order chi connectivity index (χ1) is 12.6. The van der Waals surface area contributed by atoms with Gasteiger partial charge in [-0.25, -0.2) is 5.43 Å². The van der Waals surface area contributed by atoms with Crippen LogP contribution in [-0.4, -0.2) is 17.5 Å². The van der Waals surface area contributed by atoms with E-state index in [4.69, 9.17) is 0 Å². The van der Waals surface area contributed by atoms with Crippen LogP contribution in [0, 0.1) is 0 Å². The molecule has 2 amide bonds. The van der Waals surface area contributed by atoms with Crippen LogP contribution >= 0.6 is 15.9 Å². The van der Waals surface area contributed by atoms with E-state index in [1.165, 1.54) is 0 Å². The highest BCUT2D eigenvalue weighted by molar-refractivity contribution is 9.10. The molecule has 2 aromatic rings. The maximum absolute atomic E-state index is 12.2. The molecule has 27 heavy (non-hydrogen) atoms. The summed E-state index contributed by atoms with van der Waals surface area (Å²) >= 11 is 3.35. The zero-order chi connectivity index (χ0) is 20.0. The lowest BCUT2D eigenvalue weighted by Crippen LogP contribution is -2.21. The summed E-state index contributed by atoms with van der Waals surface area (Å²) in [5.41, 5.74) is 5.44. The second-order valence-electron chi connectivity index (χ2n) is 7.35. The third-order valence-electron chi connectivity index (χ3n) is 3.91. The average Bonchev–Trinajstić information content (AvgIpc) is 2.61. The molecule has 0 aliphatic rings. The molecule has 0 aromatic heterocycles. The normalized spacial score (nSPS) is 11.8. The van der Waals surface area contributed by atoms with Gasteiger partial charge in [-0.3, -0.25) is 9.59 Å². The third-order valence-corrected chi connectivity index (χ3v) is 4.43. The van der Waals surface area contributed by atoms with Gasteiger partial charge in [0.05, 0.1) is 6.42 Å². The van der Waals surface area contributed by atoms with Gasteiger partial charge < -0.3 is 5.32 Å². The molecule has 0 heterocycles. The van der Waals surface area contributed by atoms with Crippen molar-refractivity contribution in [2.45, 2.75) is 39.5 Å². The van der Waals surface area contributed by atoms with Crippen LogP contribution in [0.5, 0.6) is 0 Å². The Morgan fingerprint density at radius 1 is 1.00 bits per heavy atom. The lowest BCUT2D eigenvalue weighted by atomic mass is 9.87. The second-order valence-corrected chi connectivity index (χ2v) is 8.26. The Kier molecular flexibility index (Phi) is 6.91. The van der Waals surface area contributed by atoms with E-state index in [1.807, 2.05) is 24.3 Å². The van der Waals surface area contributed by atoms with Gasteiger partial charge in [0.15, 0.2) is 0 Å². The van der Waals surface area contributed by atoms with Gasteiger partial charge in [0, 0.05) is 21.4 Å². The molecular formula is C21H24BrN3O2. The van der Waals surface area contributed by atoms with Gasteiger partial charge in [-0.15, -0.1) is 0 Å². The molecule has 0 unspecified atom stereocenters. The quantitative estimate of drug-likeness (QED) is 0.524. The van der Waals surface area contributed by atoms with Crippen LogP contribution < -0.4 is 10.7 Å². The Balaban J connectivity index is 1.89. The zero-order valence-electron chi connectivity index (χ0n) is 16.0. The van der Waals surface area contributed by atoms with Crippen molar-refractivity contribution in [3.8, 4) is 0 Å². The Labute approximate surface area is 168 Å². The summed E-state index contributed by atoms with van der Waals surface area (Å²) < 4.78 is 0.941. The molecule has 0 radical (unpaired) electrons. The second kappa shape index (κ2) is 8.95. The minimum absolute atomic E-state index is 0.0337. The molecule has 6 heteroatoms. The first kappa shape index (κ1) is 20.8. The van der Waals surface area contributed by atoms with Crippen molar-refractivity contribution in [1.82, 2.24) is 5.43 Å². The third kappa shape index (κ3) is 6.64. The molecule has 0 spiro atoms. The lowest BCUT2D eigenvalue weighted by Gasteiger charge is -2.18. The molecule has 0 aliphatic heterocycles. The van der Waals surface area contributed by atoms with E-state index in [0.29, 0.717) is 17.0 Å². The smallest absolute Gasteiger partial charge is 0.271 e. The molecule has 2 N–H and O–H groups in total. The van der Waals surface area contributed by atoms with Crippen LogP contribution in [0.3, 0.4) is 0 Å². The van der Waals surface area contributed by atoms with Gasteiger partial charge >= 0.3 is 0 Å². The number of hydrogen-bond acceptors (Lipinski definition) is 3. The van der Waals surface area contributed by atoms with Gasteiger partial charge in [0.1, 0.15) is 0 Å². The predicted molar refractivity (Wildman–Crippen MR) is 113 cm³/mol. The molecular weight excluding hydrogens is 406 g/mol. The van der Waals surface area contributed by atoms with Crippen LogP contribution in [0.25, 0.3) is 0 Å². The zero-order valence-corrected chi connectivity index (χ0v) is 17.6. The van der Waals surface area contributed by atoms with E-state index in [-0.39, 0.29) is 23.7 Å². The molecule has 5 nitrogen and oxygen atoms in total. The lowest BCUT2D eigenvalue weighted by molar-refractivity contribution is -0.115. The molecule has 0 atom stereocenters. The topological polar surface area (TPSA) is 70.6 Å². The predicted octanol–water partition coefficient (Wildman–Crippen LogP) is 4.88. The van der Waals surface area contributed by atoms with E-state index < -0.39 is 0 Å². The number of nitrogens with one attached hydrogen (secondary N) is 2. The SMILES string of the molecule is C/C(CC(=O)Nc1ccc(Br)cc1)=N\NC(=O)c1ccc(C(C)(C)C)cc1. The highest BCUT2D eigenvalue weighted by Gasteiger charge is 2.14. The number of benzene rings is 2. The number of carbonyl (C=O) groups excluding carboxylic acids is 2. The summed E-state index contributed by atoms with van der Waals surface area (Å²) in [7, 11) is 0. The van der Waals surface area contributed by atoms with E-state index >= 15 is 0 Å². The Hall–Kier alpha value is -2.47. The van der Waals surface area contributed by atoms with Gasteiger partial charge in [-0.05, 0) is 54.3 Å². The number of anilines is 1. The standard InChI is InChI=1S/C21H24BrN3O2/c1-14(13-19(26)23-18-11-9-17(22)10-12-18)24-25-20(27)15-5-7-16(8-6-15)21(2,3)4/h5-12H,13H2,1-4H3,(H,23,26)(H,25,27)/b24-14+. The monoisotopic (exact) mass is 429 g/mol. The van der Waals surface area contributed by atoms with Gasteiger partial charge in [0.25, 0.3) is 5.91 Å². The molecule has 2 rings (SSSR count). The number of hydrogen-bond donors (Lipinski definition) is 2. The van der Waals surface area contributed by atoms with Crippen molar-refractivity contribution in [1.29, 1.82) is 0 Å². The molecule has 142 valence electrons. The number of carbonyl (C=O) groups is 2. The van der Waals surface area contributed by atoms with E-state index in [2.05, 4.69) is 52.5 Å².